The first kappa shape index (κ1) is 21.4. The summed E-state index contributed by atoms with van der Waals surface area (Å²) in [6, 6.07) is 3.93. The van der Waals surface area contributed by atoms with Crippen LogP contribution in [0.3, 0.4) is 0 Å². The predicted molar refractivity (Wildman–Crippen MR) is 100 cm³/mol. The Morgan fingerprint density at radius 3 is 2.43 bits per heavy atom. The van der Waals surface area contributed by atoms with Gasteiger partial charge in [0.2, 0.25) is 10.0 Å². The van der Waals surface area contributed by atoms with Crippen LogP contribution in [0.1, 0.15) is 0 Å². The Morgan fingerprint density at radius 1 is 1.21 bits per heavy atom. The second-order valence-electron chi connectivity index (χ2n) is 5.97. The van der Waals surface area contributed by atoms with Gasteiger partial charge in [0.25, 0.3) is 0 Å². The smallest absolute Gasteiger partial charge is 0.360 e. The molecule has 3 rings (SSSR count). The summed E-state index contributed by atoms with van der Waals surface area (Å²) in [4.78, 5) is 0.759. The molecule has 0 radical (unpaired) electrons. The lowest BCUT2D eigenvalue weighted by Crippen LogP contribution is -2.73. The van der Waals surface area contributed by atoms with Crippen LogP contribution in [0.4, 0.5) is 0 Å². The highest BCUT2D eigenvalue weighted by Crippen LogP contribution is 2.29. The van der Waals surface area contributed by atoms with E-state index >= 15 is 0 Å². The van der Waals surface area contributed by atoms with Gasteiger partial charge in [-0.1, -0.05) is 28.0 Å². The highest BCUT2D eigenvalue weighted by atomic mass is 35.5. The van der Waals surface area contributed by atoms with Crippen molar-refractivity contribution < 1.29 is 26.1 Å². The van der Waals surface area contributed by atoms with Crippen molar-refractivity contribution in [3.8, 4) is 0 Å². The van der Waals surface area contributed by atoms with Gasteiger partial charge in [-0.3, -0.25) is 10.4 Å². The summed E-state index contributed by atoms with van der Waals surface area (Å²) in [5.41, 5.74) is -0.447. The Hall–Kier alpha value is -1.31. The van der Waals surface area contributed by atoms with Crippen LogP contribution in [0.25, 0.3) is 0 Å². The third-order valence-corrected chi connectivity index (χ3v) is 8.38. The largest absolute Gasteiger partial charge is 0.379 e. The van der Waals surface area contributed by atoms with Crippen LogP contribution in [0.5, 0.6) is 0 Å². The molecule has 1 aromatic carbocycles. The number of sulfone groups is 1. The number of aromatic nitrogens is 2. The fourth-order valence-corrected chi connectivity index (χ4v) is 6.26. The average Bonchev–Trinajstić information content (AvgIpc) is 2.92. The van der Waals surface area contributed by atoms with Crippen molar-refractivity contribution in [3.63, 3.8) is 0 Å². The van der Waals surface area contributed by atoms with Crippen LogP contribution in [0.15, 0.2) is 27.6 Å². The average molecular weight is 491 g/mol. The van der Waals surface area contributed by atoms with Crippen LogP contribution in [0, 0.1) is 5.41 Å². The number of halogens is 3. The number of rotatable bonds is 4. The van der Waals surface area contributed by atoms with Crippen LogP contribution >= 0.6 is 34.8 Å². The fourth-order valence-electron chi connectivity index (χ4n) is 2.74. The van der Waals surface area contributed by atoms with Crippen molar-refractivity contribution in [2.24, 2.45) is 0 Å². The van der Waals surface area contributed by atoms with E-state index in [1.54, 1.807) is 0 Å². The molecule has 1 atom stereocenters. The normalized spacial score (nSPS) is 19.1. The van der Waals surface area contributed by atoms with E-state index in [0.717, 1.165) is 15.4 Å². The van der Waals surface area contributed by atoms with Gasteiger partial charge in [-0.15, -0.1) is 0 Å². The maximum absolute atomic E-state index is 13.0. The molecule has 1 aromatic heterocycles. The van der Waals surface area contributed by atoms with E-state index in [1.165, 1.54) is 23.2 Å². The molecule has 0 aliphatic carbocycles. The standard InChI is InChI=1S/C13H14Cl3N5O5S2/c1-27(22,23)11-7-19(4-5-20(11)21-12(16)13(17)26-18-21)28(24,25)10-3-2-8(14)6-9(10)15/h2-3,6,11,17H,4-5,7H2,1H3. The number of piperazine rings is 1. The van der Waals surface area contributed by atoms with Crippen molar-refractivity contribution in [1.82, 2.24) is 9.58 Å². The van der Waals surface area contributed by atoms with E-state index in [9.17, 15) is 16.8 Å². The number of sulfonamides is 1. The van der Waals surface area contributed by atoms with E-state index in [2.05, 4.69) is 9.79 Å². The molecule has 10 nitrogen and oxygen atoms in total. The summed E-state index contributed by atoms with van der Waals surface area (Å²) in [6.45, 7) is -0.543. The Bertz CT molecular complexity index is 1180. The highest BCUT2D eigenvalue weighted by molar-refractivity contribution is 7.91. The number of nitrogens with zero attached hydrogens (tertiary/aromatic N) is 4. The molecule has 2 heterocycles. The van der Waals surface area contributed by atoms with Crippen molar-refractivity contribution in [2.45, 2.75) is 10.3 Å². The van der Waals surface area contributed by atoms with Crippen LogP contribution in [-0.4, -0.2) is 52.4 Å². The zero-order valence-electron chi connectivity index (χ0n) is 14.2. The maximum atomic E-state index is 13.0. The highest BCUT2D eigenvalue weighted by Gasteiger charge is 2.40. The molecule has 0 bridgehead atoms. The number of benzene rings is 1. The molecule has 1 unspecified atom stereocenters. The molecule has 1 aliphatic heterocycles. The first-order valence-electron chi connectivity index (χ1n) is 7.63. The third kappa shape index (κ3) is 3.89. The van der Waals surface area contributed by atoms with Gasteiger partial charge in [0.15, 0.2) is 9.84 Å². The van der Waals surface area contributed by atoms with Gasteiger partial charge < -0.3 is 4.52 Å². The lowest BCUT2D eigenvalue weighted by Gasteiger charge is -2.40. The Labute approximate surface area is 175 Å². The van der Waals surface area contributed by atoms with Crippen LogP contribution < -0.4 is 20.6 Å². The molecule has 1 saturated heterocycles. The Morgan fingerprint density at radius 2 is 1.89 bits per heavy atom. The van der Waals surface area contributed by atoms with Crippen LogP contribution in [0.2, 0.25) is 15.2 Å². The minimum Gasteiger partial charge on any atom is -0.379 e. The second-order valence-corrected chi connectivity index (χ2v) is 11.3. The summed E-state index contributed by atoms with van der Waals surface area (Å²) >= 11 is 17.8. The molecule has 0 spiro atoms. The van der Waals surface area contributed by atoms with Crippen molar-refractivity contribution in [2.75, 3.05) is 30.9 Å². The van der Waals surface area contributed by atoms with E-state index in [1.807, 2.05) is 0 Å². The summed E-state index contributed by atoms with van der Waals surface area (Å²) < 4.78 is 56.3. The van der Waals surface area contributed by atoms with Gasteiger partial charge >= 0.3 is 10.7 Å². The number of hydrogen-bond acceptors (Lipinski definition) is 7. The van der Waals surface area contributed by atoms with Gasteiger partial charge in [0.05, 0.1) is 5.02 Å². The zero-order valence-corrected chi connectivity index (χ0v) is 18.1. The quantitative estimate of drug-likeness (QED) is 0.596. The molecule has 1 aliphatic rings. The molecule has 0 amide bonds. The van der Waals surface area contributed by atoms with Crippen LogP contribution in [-0.2, 0) is 19.9 Å². The minimum atomic E-state index is -4.08. The molecule has 2 aromatic rings. The summed E-state index contributed by atoms with van der Waals surface area (Å²) in [5, 5.41) is 10.9. The zero-order chi connectivity index (χ0) is 20.9. The van der Waals surface area contributed by atoms with Gasteiger partial charge in [-0.25, -0.2) is 16.8 Å². The number of nitrogens with one attached hydrogen (secondary N) is 1. The van der Waals surface area contributed by atoms with Gasteiger partial charge in [-0.05, 0) is 35.1 Å². The lowest BCUT2D eigenvalue weighted by molar-refractivity contribution is -0.764. The molecule has 15 heteroatoms. The lowest BCUT2D eigenvalue weighted by atomic mass is 10.4. The number of hydrogen-bond donors (Lipinski definition) is 1. The summed E-state index contributed by atoms with van der Waals surface area (Å²) in [7, 11) is -7.86. The minimum absolute atomic E-state index is 0.0707. The van der Waals surface area contributed by atoms with E-state index in [4.69, 9.17) is 40.2 Å². The first-order chi connectivity index (χ1) is 12.9. The van der Waals surface area contributed by atoms with E-state index < -0.39 is 37.3 Å². The van der Waals surface area contributed by atoms with E-state index in [-0.39, 0.29) is 33.2 Å². The SMILES string of the molecule is CS(=O)(=O)C1CN(S(=O)(=O)c2ccc(Cl)cc2Cl)CCN1[n+]1[n-]oc(=N)c1Cl. The fraction of sp³-hybridized carbons (Fsp3) is 0.385. The van der Waals surface area contributed by atoms with Gasteiger partial charge in [-0.2, -0.15) is 4.31 Å². The molecule has 1 fully saturated rings. The third-order valence-electron chi connectivity index (χ3n) is 4.09. The van der Waals surface area contributed by atoms with Crippen molar-refractivity contribution >= 4 is 54.7 Å². The van der Waals surface area contributed by atoms with E-state index in [0.29, 0.717) is 0 Å². The first-order valence-corrected chi connectivity index (χ1v) is 12.2. The van der Waals surface area contributed by atoms with Gasteiger partial charge in [0, 0.05) is 30.9 Å². The Kier molecular flexibility index (Phi) is 5.73. The molecule has 28 heavy (non-hydrogen) atoms. The van der Waals surface area contributed by atoms with Crippen molar-refractivity contribution in [1.29, 1.82) is 5.41 Å². The molecular weight excluding hydrogens is 477 g/mol. The molecule has 1 N–H and O–H groups in total. The van der Waals surface area contributed by atoms with Gasteiger partial charge in [0.1, 0.15) is 10.3 Å². The monoisotopic (exact) mass is 489 g/mol. The second kappa shape index (κ2) is 7.50. The molecular formula is C13H14Cl3N5O5S2. The molecule has 0 saturated carbocycles. The summed E-state index contributed by atoms with van der Waals surface area (Å²) in [6.07, 6.45) is 0.964. The maximum Gasteiger partial charge on any atom is 0.360 e. The van der Waals surface area contributed by atoms with Crippen molar-refractivity contribution in [3.05, 3.63) is 39.0 Å². The topological polar surface area (TPSA) is 130 Å². The Balaban J connectivity index is 1.99. The summed E-state index contributed by atoms with van der Waals surface area (Å²) in [5.74, 6) is 0. The predicted octanol–water partition coefficient (Wildman–Crippen LogP) is -0.0228. The molecule has 154 valence electrons.